The minimum atomic E-state index is 0.492. The largest absolute Gasteiger partial charge is 0.386 e. The van der Waals surface area contributed by atoms with Crippen LogP contribution in [-0.4, -0.2) is 19.3 Å². The lowest BCUT2D eigenvalue weighted by Crippen LogP contribution is -2.20. The summed E-state index contributed by atoms with van der Waals surface area (Å²) in [6.45, 7) is 8.37. The van der Waals surface area contributed by atoms with Gasteiger partial charge in [0.15, 0.2) is 0 Å². The van der Waals surface area contributed by atoms with Gasteiger partial charge in [-0.1, -0.05) is 25.7 Å². The molecule has 0 rings (SSSR count). The average Bonchev–Trinajstić information content (AvgIpc) is 2.21. The lowest BCUT2D eigenvalue weighted by Gasteiger charge is -2.05. The van der Waals surface area contributed by atoms with Crippen LogP contribution in [0.2, 0.25) is 0 Å². The van der Waals surface area contributed by atoms with E-state index in [4.69, 9.17) is 5.73 Å². The lowest BCUT2D eigenvalue weighted by molar-refractivity contribution is 0.868. The van der Waals surface area contributed by atoms with Crippen LogP contribution in [0.5, 0.6) is 0 Å². The average molecular weight is 207 g/mol. The van der Waals surface area contributed by atoms with Crippen molar-refractivity contribution in [3.8, 4) is 0 Å². The molecule has 15 heavy (non-hydrogen) atoms. The van der Waals surface area contributed by atoms with Crippen molar-refractivity contribution >= 4 is 5.71 Å². The molecule has 3 heteroatoms. The van der Waals surface area contributed by atoms with E-state index in [0.29, 0.717) is 12.4 Å². The van der Waals surface area contributed by atoms with E-state index in [0.717, 1.165) is 12.1 Å². The third-order valence-electron chi connectivity index (χ3n) is 1.88. The molecule has 0 aliphatic carbocycles. The fraction of sp³-hybridized carbons (Fsp3) is 0.417. The molecule has 0 unspecified atom stereocenters. The van der Waals surface area contributed by atoms with Gasteiger partial charge in [-0.15, -0.1) is 0 Å². The smallest absolute Gasteiger partial charge is 0.0888 e. The molecular weight excluding hydrogens is 186 g/mol. The molecule has 0 aromatic carbocycles. The molecule has 0 heterocycles. The van der Waals surface area contributed by atoms with Gasteiger partial charge in [0.2, 0.25) is 0 Å². The van der Waals surface area contributed by atoms with Crippen molar-refractivity contribution in [2.45, 2.75) is 20.3 Å². The number of nitrogens with one attached hydrogen (secondary N) is 1. The van der Waals surface area contributed by atoms with Gasteiger partial charge < -0.3 is 11.1 Å². The summed E-state index contributed by atoms with van der Waals surface area (Å²) >= 11 is 0. The minimum absolute atomic E-state index is 0.492. The van der Waals surface area contributed by atoms with Gasteiger partial charge in [-0.05, 0) is 25.0 Å². The van der Waals surface area contributed by atoms with Gasteiger partial charge >= 0.3 is 0 Å². The zero-order chi connectivity index (χ0) is 11.7. The molecule has 0 amide bonds. The van der Waals surface area contributed by atoms with Crippen molar-refractivity contribution in [2.24, 2.45) is 10.7 Å². The van der Waals surface area contributed by atoms with Crippen molar-refractivity contribution < 1.29 is 0 Å². The second-order valence-corrected chi connectivity index (χ2v) is 3.26. The van der Waals surface area contributed by atoms with Crippen molar-refractivity contribution in [1.29, 1.82) is 0 Å². The quantitative estimate of drug-likeness (QED) is 0.517. The van der Waals surface area contributed by atoms with Crippen LogP contribution in [0, 0.1) is 0 Å². The van der Waals surface area contributed by atoms with Gasteiger partial charge in [0.1, 0.15) is 0 Å². The van der Waals surface area contributed by atoms with E-state index >= 15 is 0 Å². The molecule has 0 saturated heterocycles. The zero-order valence-electron chi connectivity index (χ0n) is 9.88. The van der Waals surface area contributed by atoms with E-state index in [9.17, 15) is 0 Å². The molecule has 0 aliphatic rings. The number of hydrogen-bond acceptors (Lipinski definition) is 3. The normalized spacial score (nSPS) is 13.3. The second kappa shape index (κ2) is 7.85. The predicted octanol–water partition coefficient (Wildman–Crippen LogP) is 1.99. The van der Waals surface area contributed by atoms with Crippen LogP contribution in [0.25, 0.3) is 0 Å². The molecule has 0 radical (unpaired) electrons. The number of nitrogens with two attached hydrogens (primary N) is 1. The highest BCUT2D eigenvalue weighted by Gasteiger charge is 1.92. The maximum Gasteiger partial charge on any atom is 0.0888 e. The van der Waals surface area contributed by atoms with Crippen LogP contribution in [0.4, 0.5) is 0 Å². The highest BCUT2D eigenvalue weighted by Crippen LogP contribution is 1.99. The van der Waals surface area contributed by atoms with Gasteiger partial charge in [0.05, 0.1) is 5.82 Å². The highest BCUT2D eigenvalue weighted by molar-refractivity contribution is 5.93. The van der Waals surface area contributed by atoms with Gasteiger partial charge in [-0.25, -0.2) is 0 Å². The Balaban J connectivity index is 4.35. The van der Waals surface area contributed by atoms with E-state index < -0.39 is 0 Å². The fourth-order valence-corrected chi connectivity index (χ4v) is 0.979. The first-order chi connectivity index (χ1) is 7.10. The van der Waals surface area contributed by atoms with Gasteiger partial charge in [0, 0.05) is 19.3 Å². The minimum Gasteiger partial charge on any atom is -0.386 e. The Morgan fingerprint density at radius 1 is 1.47 bits per heavy atom. The first-order valence-corrected chi connectivity index (χ1v) is 5.08. The van der Waals surface area contributed by atoms with Crippen LogP contribution in [-0.2, 0) is 0 Å². The SMILES string of the molecule is C=C(N)NCC(/C=C\C(C)=NC)=C\CC. The van der Waals surface area contributed by atoms with Crippen LogP contribution in [0.15, 0.2) is 41.2 Å². The number of allylic oxidation sites excluding steroid dienone is 2. The molecule has 3 nitrogen and oxygen atoms in total. The van der Waals surface area contributed by atoms with Gasteiger partial charge in [0.25, 0.3) is 0 Å². The van der Waals surface area contributed by atoms with Crippen LogP contribution >= 0.6 is 0 Å². The lowest BCUT2D eigenvalue weighted by atomic mass is 10.2. The van der Waals surface area contributed by atoms with Crippen LogP contribution in [0.3, 0.4) is 0 Å². The van der Waals surface area contributed by atoms with Gasteiger partial charge in [-0.2, -0.15) is 0 Å². The summed E-state index contributed by atoms with van der Waals surface area (Å²) in [4.78, 5) is 4.06. The molecular formula is C12H21N3. The highest BCUT2D eigenvalue weighted by atomic mass is 15.0. The van der Waals surface area contributed by atoms with Crippen LogP contribution in [0.1, 0.15) is 20.3 Å². The first kappa shape index (κ1) is 13.5. The Bertz CT molecular complexity index is 285. The Labute approximate surface area is 92.5 Å². The summed E-state index contributed by atoms with van der Waals surface area (Å²) in [5, 5.41) is 3.00. The first-order valence-electron chi connectivity index (χ1n) is 5.08. The van der Waals surface area contributed by atoms with E-state index in [2.05, 4.69) is 29.9 Å². The Kier molecular flexibility index (Phi) is 7.06. The van der Waals surface area contributed by atoms with E-state index in [1.165, 1.54) is 5.57 Å². The topological polar surface area (TPSA) is 50.4 Å². The van der Waals surface area contributed by atoms with Crippen molar-refractivity contribution in [3.05, 3.63) is 36.2 Å². The monoisotopic (exact) mass is 207 g/mol. The predicted molar refractivity (Wildman–Crippen MR) is 67.9 cm³/mol. The Morgan fingerprint density at radius 2 is 2.13 bits per heavy atom. The van der Waals surface area contributed by atoms with E-state index in [-0.39, 0.29) is 0 Å². The van der Waals surface area contributed by atoms with E-state index in [1.807, 2.05) is 19.1 Å². The zero-order valence-corrected chi connectivity index (χ0v) is 9.88. The van der Waals surface area contributed by atoms with Crippen molar-refractivity contribution in [2.75, 3.05) is 13.6 Å². The molecule has 0 spiro atoms. The number of nitrogens with zero attached hydrogens (tertiary/aromatic N) is 1. The van der Waals surface area contributed by atoms with Crippen molar-refractivity contribution in [1.82, 2.24) is 5.32 Å². The number of rotatable bonds is 6. The maximum atomic E-state index is 5.44. The Morgan fingerprint density at radius 3 is 2.60 bits per heavy atom. The summed E-state index contributed by atoms with van der Waals surface area (Å²) < 4.78 is 0. The molecule has 0 fully saturated rings. The summed E-state index contributed by atoms with van der Waals surface area (Å²) in [7, 11) is 1.78. The van der Waals surface area contributed by atoms with E-state index in [1.54, 1.807) is 7.05 Å². The molecule has 0 aromatic heterocycles. The summed E-state index contributed by atoms with van der Waals surface area (Å²) in [5.41, 5.74) is 7.63. The summed E-state index contributed by atoms with van der Waals surface area (Å²) in [5.74, 6) is 0.492. The molecule has 84 valence electrons. The molecule has 0 bridgehead atoms. The third-order valence-corrected chi connectivity index (χ3v) is 1.88. The summed E-state index contributed by atoms with van der Waals surface area (Å²) in [6, 6.07) is 0. The second-order valence-electron chi connectivity index (χ2n) is 3.26. The summed E-state index contributed by atoms with van der Waals surface area (Å²) in [6.07, 6.45) is 7.18. The molecule has 3 N–H and O–H groups in total. The number of aliphatic imine (C=N–C) groups is 1. The Hall–Kier alpha value is -1.51. The number of hydrogen-bond donors (Lipinski definition) is 2. The molecule has 0 saturated carbocycles. The molecule has 0 atom stereocenters. The van der Waals surface area contributed by atoms with Gasteiger partial charge in [-0.3, -0.25) is 4.99 Å². The standard InChI is InChI=1S/C12H21N3/c1-5-6-12(9-15-11(3)13)8-7-10(2)14-4/h6-8,15H,3,5,9,13H2,1-2,4H3/b8-7-,12-6-,14-10?. The molecule has 0 aromatic rings. The fourth-order valence-electron chi connectivity index (χ4n) is 0.979. The maximum absolute atomic E-state index is 5.44. The molecule has 0 aliphatic heterocycles. The third kappa shape index (κ3) is 7.55. The van der Waals surface area contributed by atoms with Crippen molar-refractivity contribution in [3.63, 3.8) is 0 Å². The van der Waals surface area contributed by atoms with Crippen LogP contribution < -0.4 is 11.1 Å².